The summed E-state index contributed by atoms with van der Waals surface area (Å²) in [6.45, 7) is 1.30. The number of fused-ring (bicyclic) bond motifs is 1. The van der Waals surface area contributed by atoms with Gasteiger partial charge >= 0.3 is 0 Å². The summed E-state index contributed by atoms with van der Waals surface area (Å²) >= 11 is 0. The van der Waals surface area contributed by atoms with E-state index in [0.717, 1.165) is 48.4 Å². The molecule has 0 spiro atoms. The van der Waals surface area contributed by atoms with Crippen molar-refractivity contribution in [3.8, 4) is 0 Å². The van der Waals surface area contributed by atoms with E-state index >= 15 is 0 Å². The highest BCUT2D eigenvalue weighted by Crippen LogP contribution is 2.22. The lowest BCUT2D eigenvalue weighted by Crippen LogP contribution is -2.26. The Kier molecular flexibility index (Phi) is 4.87. The van der Waals surface area contributed by atoms with Gasteiger partial charge in [0.15, 0.2) is 0 Å². The molecule has 1 aliphatic rings. The average Bonchev–Trinajstić information content (AvgIpc) is 3.30. The number of carbonyl (C=O) groups excluding carboxylic acids is 2. The summed E-state index contributed by atoms with van der Waals surface area (Å²) in [7, 11) is 0. The Morgan fingerprint density at radius 2 is 2.07 bits per heavy atom. The molecule has 138 valence electrons. The molecule has 0 saturated carbocycles. The van der Waals surface area contributed by atoms with Crippen molar-refractivity contribution in [2.75, 3.05) is 18.0 Å². The van der Waals surface area contributed by atoms with Gasteiger partial charge in [0.25, 0.3) is 5.91 Å². The van der Waals surface area contributed by atoms with Crippen LogP contribution < -0.4 is 10.2 Å². The van der Waals surface area contributed by atoms with E-state index in [1.165, 1.54) is 0 Å². The topological polar surface area (TPSA) is 78.1 Å². The molecule has 0 bridgehead atoms. The summed E-state index contributed by atoms with van der Waals surface area (Å²) in [6, 6.07) is 15.2. The molecule has 2 N–H and O–H groups in total. The Bertz CT molecular complexity index is 946. The van der Waals surface area contributed by atoms with Gasteiger partial charge in [-0.15, -0.1) is 0 Å². The maximum Gasteiger partial charge on any atom is 0.251 e. The van der Waals surface area contributed by atoms with Crippen molar-refractivity contribution in [2.24, 2.45) is 0 Å². The molecular formula is C21H22N4O2. The van der Waals surface area contributed by atoms with E-state index in [2.05, 4.69) is 15.3 Å². The number of imidazole rings is 1. The minimum absolute atomic E-state index is 0.117. The van der Waals surface area contributed by atoms with E-state index in [-0.39, 0.29) is 11.8 Å². The first-order valence-electron chi connectivity index (χ1n) is 9.33. The molecule has 1 saturated heterocycles. The van der Waals surface area contributed by atoms with Crippen LogP contribution in [0.5, 0.6) is 0 Å². The van der Waals surface area contributed by atoms with Crippen LogP contribution in [0.4, 0.5) is 5.69 Å². The monoisotopic (exact) mass is 362 g/mol. The van der Waals surface area contributed by atoms with Crippen molar-refractivity contribution >= 4 is 28.5 Å². The highest BCUT2D eigenvalue weighted by Gasteiger charge is 2.22. The fraction of sp³-hybridized carbons (Fsp3) is 0.286. The largest absolute Gasteiger partial charge is 0.352 e. The normalized spacial score (nSPS) is 14.1. The fourth-order valence-corrected chi connectivity index (χ4v) is 3.42. The first kappa shape index (κ1) is 17.3. The standard InChI is InChI=1S/C21H22N4O2/c26-20-11-5-13-25(20)16-7-3-6-15(14-16)21(27)22-12-4-10-19-23-17-8-1-2-9-18(17)24-19/h1-3,6-9,14H,4-5,10-13H2,(H,22,27)(H,23,24). The number of benzene rings is 2. The van der Waals surface area contributed by atoms with Gasteiger partial charge in [-0.3, -0.25) is 9.59 Å². The molecule has 1 fully saturated rings. The zero-order chi connectivity index (χ0) is 18.6. The second-order valence-electron chi connectivity index (χ2n) is 6.76. The lowest BCUT2D eigenvalue weighted by Gasteiger charge is -2.16. The SMILES string of the molecule is O=C(NCCCc1nc2ccccc2[nH]1)c1cccc(N2CCCC2=O)c1. The third-order valence-electron chi connectivity index (χ3n) is 4.81. The molecular weight excluding hydrogens is 340 g/mol. The Hall–Kier alpha value is -3.15. The van der Waals surface area contributed by atoms with Crippen LogP contribution in [-0.4, -0.2) is 34.9 Å². The van der Waals surface area contributed by atoms with Crippen LogP contribution in [0, 0.1) is 0 Å². The van der Waals surface area contributed by atoms with Crippen LogP contribution in [0.25, 0.3) is 11.0 Å². The fourth-order valence-electron chi connectivity index (χ4n) is 3.42. The zero-order valence-corrected chi connectivity index (χ0v) is 15.1. The smallest absolute Gasteiger partial charge is 0.251 e. The minimum atomic E-state index is -0.117. The van der Waals surface area contributed by atoms with E-state index in [4.69, 9.17) is 0 Å². The number of aromatic amines is 1. The Balaban J connectivity index is 1.31. The van der Waals surface area contributed by atoms with Gasteiger partial charge in [0.05, 0.1) is 11.0 Å². The lowest BCUT2D eigenvalue weighted by molar-refractivity contribution is -0.117. The van der Waals surface area contributed by atoms with Crippen LogP contribution in [-0.2, 0) is 11.2 Å². The molecule has 1 aromatic heterocycles. The number of nitrogens with one attached hydrogen (secondary N) is 2. The molecule has 0 radical (unpaired) electrons. The molecule has 2 aromatic carbocycles. The van der Waals surface area contributed by atoms with Crippen LogP contribution in [0.15, 0.2) is 48.5 Å². The predicted molar refractivity (Wildman–Crippen MR) is 105 cm³/mol. The van der Waals surface area contributed by atoms with Crippen LogP contribution in [0.3, 0.4) is 0 Å². The molecule has 0 atom stereocenters. The maximum atomic E-state index is 12.4. The average molecular weight is 362 g/mol. The second-order valence-corrected chi connectivity index (χ2v) is 6.76. The van der Waals surface area contributed by atoms with Gasteiger partial charge in [-0.1, -0.05) is 18.2 Å². The molecule has 6 heteroatoms. The van der Waals surface area contributed by atoms with E-state index in [9.17, 15) is 9.59 Å². The molecule has 4 rings (SSSR count). The third-order valence-corrected chi connectivity index (χ3v) is 4.81. The molecule has 0 aliphatic carbocycles. The lowest BCUT2D eigenvalue weighted by atomic mass is 10.1. The van der Waals surface area contributed by atoms with Gasteiger partial charge in [-0.2, -0.15) is 0 Å². The summed E-state index contributed by atoms with van der Waals surface area (Å²) in [5.74, 6) is 0.937. The number of nitrogens with zero attached hydrogens (tertiary/aromatic N) is 2. The quantitative estimate of drug-likeness (QED) is 0.662. The Labute approximate surface area is 157 Å². The molecule has 3 aromatic rings. The van der Waals surface area contributed by atoms with E-state index in [1.807, 2.05) is 36.4 Å². The van der Waals surface area contributed by atoms with Crippen molar-refractivity contribution in [3.63, 3.8) is 0 Å². The Morgan fingerprint density at radius 3 is 2.89 bits per heavy atom. The van der Waals surface area contributed by atoms with Crippen molar-refractivity contribution in [1.29, 1.82) is 0 Å². The zero-order valence-electron chi connectivity index (χ0n) is 15.1. The van der Waals surface area contributed by atoms with Crippen LogP contribution in [0.1, 0.15) is 35.4 Å². The summed E-state index contributed by atoms with van der Waals surface area (Å²) < 4.78 is 0. The van der Waals surface area contributed by atoms with Crippen LogP contribution in [0.2, 0.25) is 0 Å². The number of hydrogen-bond acceptors (Lipinski definition) is 3. The number of anilines is 1. The molecule has 0 unspecified atom stereocenters. The molecule has 1 aliphatic heterocycles. The van der Waals surface area contributed by atoms with Gasteiger partial charge in [0.1, 0.15) is 5.82 Å². The number of aromatic nitrogens is 2. The van der Waals surface area contributed by atoms with E-state index in [0.29, 0.717) is 18.5 Å². The van der Waals surface area contributed by atoms with Crippen molar-refractivity contribution in [1.82, 2.24) is 15.3 Å². The van der Waals surface area contributed by atoms with E-state index < -0.39 is 0 Å². The maximum absolute atomic E-state index is 12.4. The number of rotatable bonds is 6. The first-order chi connectivity index (χ1) is 13.2. The van der Waals surface area contributed by atoms with Gasteiger partial charge in [0.2, 0.25) is 5.91 Å². The summed E-state index contributed by atoms with van der Waals surface area (Å²) in [6.07, 6.45) is 3.03. The van der Waals surface area contributed by atoms with Gasteiger partial charge < -0.3 is 15.2 Å². The van der Waals surface area contributed by atoms with Crippen molar-refractivity contribution < 1.29 is 9.59 Å². The van der Waals surface area contributed by atoms with Gasteiger partial charge in [-0.05, 0) is 43.2 Å². The number of para-hydroxylation sites is 2. The summed E-state index contributed by atoms with van der Waals surface area (Å²) in [5, 5.41) is 2.95. The van der Waals surface area contributed by atoms with Crippen LogP contribution >= 0.6 is 0 Å². The summed E-state index contributed by atoms with van der Waals surface area (Å²) in [5.41, 5.74) is 3.37. The minimum Gasteiger partial charge on any atom is -0.352 e. The first-order valence-corrected chi connectivity index (χ1v) is 9.33. The number of aryl methyl sites for hydroxylation is 1. The van der Waals surface area contributed by atoms with E-state index in [1.54, 1.807) is 17.0 Å². The number of carbonyl (C=O) groups is 2. The van der Waals surface area contributed by atoms with Crippen molar-refractivity contribution in [2.45, 2.75) is 25.7 Å². The van der Waals surface area contributed by atoms with Gasteiger partial charge in [0, 0.05) is 37.2 Å². The number of H-pyrrole nitrogens is 1. The number of amides is 2. The highest BCUT2D eigenvalue weighted by molar-refractivity contribution is 5.99. The van der Waals surface area contributed by atoms with Crippen molar-refractivity contribution in [3.05, 3.63) is 59.9 Å². The predicted octanol–water partition coefficient (Wildman–Crippen LogP) is 3.05. The third kappa shape index (κ3) is 3.84. The summed E-state index contributed by atoms with van der Waals surface area (Å²) in [4.78, 5) is 33.9. The Morgan fingerprint density at radius 1 is 1.19 bits per heavy atom. The molecule has 2 amide bonds. The number of hydrogen-bond donors (Lipinski definition) is 2. The molecule has 2 heterocycles. The molecule has 27 heavy (non-hydrogen) atoms. The highest BCUT2D eigenvalue weighted by atomic mass is 16.2. The molecule has 6 nitrogen and oxygen atoms in total. The van der Waals surface area contributed by atoms with Gasteiger partial charge in [-0.25, -0.2) is 4.98 Å². The second kappa shape index (κ2) is 7.61.